The van der Waals surface area contributed by atoms with Gasteiger partial charge in [0.15, 0.2) is 5.75 Å². The van der Waals surface area contributed by atoms with Gasteiger partial charge in [0.1, 0.15) is 11.8 Å². The fourth-order valence-electron chi connectivity index (χ4n) is 1.95. The molecule has 0 saturated heterocycles. The maximum atomic E-state index is 10.4. The second-order valence-corrected chi connectivity index (χ2v) is 3.99. The smallest absolute Gasteiger partial charge is 0.163 e. The van der Waals surface area contributed by atoms with Crippen molar-refractivity contribution in [2.75, 3.05) is 12.8 Å². The Kier molecular flexibility index (Phi) is 3.53. The quantitative estimate of drug-likeness (QED) is 0.804. The van der Waals surface area contributed by atoms with Gasteiger partial charge in [0.25, 0.3) is 0 Å². The Bertz CT molecular complexity index is 515. The Morgan fingerprint density at radius 3 is 2.89 bits per heavy atom. The first-order valence-electron chi connectivity index (χ1n) is 5.80. The van der Waals surface area contributed by atoms with Crippen LogP contribution in [0.2, 0.25) is 0 Å². The van der Waals surface area contributed by atoms with Crippen LogP contribution in [-0.2, 0) is 6.54 Å². The molecule has 5 nitrogen and oxygen atoms in total. The summed E-state index contributed by atoms with van der Waals surface area (Å²) in [4.78, 5) is 0. The number of aliphatic hydroxyl groups excluding tert-OH is 1. The zero-order valence-corrected chi connectivity index (χ0v) is 10.5. The number of aryl methyl sites for hydroxylation is 1. The molecule has 0 amide bonds. The van der Waals surface area contributed by atoms with Crippen molar-refractivity contribution in [1.29, 1.82) is 0 Å². The predicted octanol–water partition coefficient (Wildman–Crippen LogP) is 1.58. The molecule has 5 heteroatoms. The Labute approximate surface area is 106 Å². The van der Waals surface area contributed by atoms with E-state index in [2.05, 4.69) is 5.10 Å². The molecule has 0 saturated carbocycles. The van der Waals surface area contributed by atoms with E-state index in [0.29, 0.717) is 23.7 Å². The number of rotatable bonds is 4. The first-order chi connectivity index (χ1) is 8.67. The largest absolute Gasteiger partial charge is 0.493 e. The lowest BCUT2D eigenvalue weighted by Crippen LogP contribution is -2.10. The van der Waals surface area contributed by atoms with Crippen molar-refractivity contribution >= 4 is 5.69 Å². The minimum atomic E-state index is -0.800. The SMILES string of the molecule is CCn1ncc(OC)c1C(O)c1cccc(N)c1. The Morgan fingerprint density at radius 2 is 2.28 bits per heavy atom. The molecule has 1 heterocycles. The van der Waals surface area contributed by atoms with Gasteiger partial charge < -0.3 is 15.6 Å². The Balaban J connectivity index is 2.44. The normalized spacial score (nSPS) is 12.4. The average Bonchev–Trinajstić information content (AvgIpc) is 2.80. The molecule has 3 N–H and O–H groups in total. The highest BCUT2D eigenvalue weighted by Gasteiger charge is 2.21. The fourth-order valence-corrected chi connectivity index (χ4v) is 1.95. The van der Waals surface area contributed by atoms with Crippen LogP contribution in [0.5, 0.6) is 5.75 Å². The predicted molar refractivity (Wildman–Crippen MR) is 69.4 cm³/mol. The molecule has 2 aromatic rings. The zero-order valence-electron chi connectivity index (χ0n) is 10.5. The molecule has 0 radical (unpaired) electrons. The van der Waals surface area contributed by atoms with Crippen molar-refractivity contribution in [1.82, 2.24) is 9.78 Å². The standard InChI is InChI=1S/C13H17N3O2/c1-3-16-12(11(18-2)8-15-16)13(17)9-5-4-6-10(14)7-9/h4-8,13,17H,3,14H2,1-2H3. The van der Waals surface area contributed by atoms with Crippen molar-refractivity contribution in [3.63, 3.8) is 0 Å². The number of nitrogens with zero attached hydrogens (tertiary/aromatic N) is 2. The summed E-state index contributed by atoms with van der Waals surface area (Å²) in [5.74, 6) is 0.576. The van der Waals surface area contributed by atoms with Gasteiger partial charge in [0, 0.05) is 12.2 Å². The van der Waals surface area contributed by atoms with Crippen LogP contribution in [0.25, 0.3) is 0 Å². The lowest BCUT2D eigenvalue weighted by molar-refractivity contribution is 0.202. The molecule has 1 aromatic carbocycles. The van der Waals surface area contributed by atoms with E-state index >= 15 is 0 Å². The minimum absolute atomic E-state index is 0.576. The molecular formula is C13H17N3O2. The van der Waals surface area contributed by atoms with Gasteiger partial charge in [-0.1, -0.05) is 12.1 Å². The number of aliphatic hydroxyl groups is 1. The number of anilines is 1. The summed E-state index contributed by atoms with van der Waals surface area (Å²) in [5, 5.41) is 14.6. The van der Waals surface area contributed by atoms with Gasteiger partial charge in [-0.05, 0) is 24.6 Å². The van der Waals surface area contributed by atoms with Crippen LogP contribution >= 0.6 is 0 Å². The highest BCUT2D eigenvalue weighted by Crippen LogP contribution is 2.30. The summed E-state index contributed by atoms with van der Waals surface area (Å²) in [6, 6.07) is 7.17. The van der Waals surface area contributed by atoms with Crippen molar-refractivity contribution < 1.29 is 9.84 Å². The molecule has 18 heavy (non-hydrogen) atoms. The highest BCUT2D eigenvalue weighted by molar-refractivity contribution is 5.44. The molecule has 0 bridgehead atoms. The summed E-state index contributed by atoms with van der Waals surface area (Å²) in [7, 11) is 1.56. The van der Waals surface area contributed by atoms with E-state index < -0.39 is 6.10 Å². The molecule has 1 atom stereocenters. The first kappa shape index (κ1) is 12.4. The monoisotopic (exact) mass is 247 g/mol. The number of hydrogen-bond donors (Lipinski definition) is 2. The summed E-state index contributed by atoms with van der Waals surface area (Å²) in [6.07, 6.45) is 0.805. The molecule has 1 unspecified atom stereocenters. The number of nitrogens with two attached hydrogens (primary N) is 1. The van der Waals surface area contributed by atoms with Crippen LogP contribution in [-0.4, -0.2) is 22.0 Å². The van der Waals surface area contributed by atoms with Gasteiger partial charge >= 0.3 is 0 Å². The van der Waals surface area contributed by atoms with Gasteiger partial charge in [-0.2, -0.15) is 5.10 Å². The molecule has 0 aliphatic heterocycles. The molecule has 1 aromatic heterocycles. The van der Waals surface area contributed by atoms with E-state index in [9.17, 15) is 5.11 Å². The molecule has 0 fully saturated rings. The van der Waals surface area contributed by atoms with E-state index in [1.54, 1.807) is 30.1 Å². The molecule has 0 spiro atoms. The maximum absolute atomic E-state index is 10.4. The lowest BCUT2D eigenvalue weighted by Gasteiger charge is -2.14. The second kappa shape index (κ2) is 5.10. The number of hydrogen-bond acceptors (Lipinski definition) is 4. The van der Waals surface area contributed by atoms with Gasteiger partial charge in [-0.3, -0.25) is 4.68 Å². The first-order valence-corrected chi connectivity index (χ1v) is 5.80. The van der Waals surface area contributed by atoms with E-state index in [-0.39, 0.29) is 0 Å². The maximum Gasteiger partial charge on any atom is 0.163 e. The van der Waals surface area contributed by atoms with Gasteiger partial charge in [-0.15, -0.1) is 0 Å². The number of methoxy groups -OCH3 is 1. The number of benzene rings is 1. The van der Waals surface area contributed by atoms with Crippen LogP contribution in [0.3, 0.4) is 0 Å². The summed E-state index contributed by atoms with van der Waals surface area (Å²) >= 11 is 0. The van der Waals surface area contributed by atoms with Crippen LogP contribution in [0.4, 0.5) is 5.69 Å². The summed E-state index contributed by atoms with van der Waals surface area (Å²) in [6.45, 7) is 2.63. The second-order valence-electron chi connectivity index (χ2n) is 3.99. The fraction of sp³-hybridized carbons (Fsp3) is 0.308. The minimum Gasteiger partial charge on any atom is -0.493 e. The lowest BCUT2D eigenvalue weighted by atomic mass is 10.1. The van der Waals surface area contributed by atoms with Crippen LogP contribution in [0.1, 0.15) is 24.3 Å². The molecule has 0 aliphatic carbocycles. The van der Waals surface area contributed by atoms with Crippen LogP contribution in [0, 0.1) is 0 Å². The van der Waals surface area contributed by atoms with Crippen LogP contribution in [0.15, 0.2) is 30.5 Å². The van der Waals surface area contributed by atoms with Gasteiger partial charge in [0.05, 0.1) is 13.3 Å². The number of nitrogen functional groups attached to an aromatic ring is 1. The topological polar surface area (TPSA) is 73.3 Å². The third-order valence-electron chi connectivity index (χ3n) is 2.85. The number of aromatic nitrogens is 2. The summed E-state index contributed by atoms with van der Waals surface area (Å²) < 4.78 is 6.94. The van der Waals surface area contributed by atoms with E-state index in [4.69, 9.17) is 10.5 Å². The third-order valence-corrected chi connectivity index (χ3v) is 2.85. The van der Waals surface area contributed by atoms with Crippen molar-refractivity contribution in [3.05, 3.63) is 41.7 Å². The van der Waals surface area contributed by atoms with Crippen molar-refractivity contribution in [2.45, 2.75) is 19.6 Å². The average molecular weight is 247 g/mol. The Hall–Kier alpha value is -2.01. The van der Waals surface area contributed by atoms with E-state index in [1.165, 1.54) is 0 Å². The molecule has 2 rings (SSSR count). The zero-order chi connectivity index (χ0) is 13.1. The van der Waals surface area contributed by atoms with Gasteiger partial charge in [0.2, 0.25) is 0 Å². The van der Waals surface area contributed by atoms with E-state index in [0.717, 1.165) is 5.56 Å². The van der Waals surface area contributed by atoms with Crippen LogP contribution < -0.4 is 10.5 Å². The molecular weight excluding hydrogens is 230 g/mol. The van der Waals surface area contributed by atoms with Crippen molar-refractivity contribution in [2.24, 2.45) is 0 Å². The Morgan fingerprint density at radius 1 is 1.50 bits per heavy atom. The van der Waals surface area contributed by atoms with Gasteiger partial charge in [-0.25, -0.2) is 0 Å². The van der Waals surface area contributed by atoms with Crippen molar-refractivity contribution in [3.8, 4) is 5.75 Å². The third kappa shape index (κ3) is 2.17. The summed E-state index contributed by atoms with van der Waals surface area (Å²) in [5.41, 5.74) is 7.71. The molecule has 96 valence electrons. The van der Waals surface area contributed by atoms with E-state index in [1.807, 2.05) is 19.1 Å². The highest BCUT2D eigenvalue weighted by atomic mass is 16.5. The number of ether oxygens (including phenoxy) is 1. The molecule has 0 aliphatic rings.